The van der Waals surface area contributed by atoms with E-state index in [4.69, 9.17) is 0 Å². The summed E-state index contributed by atoms with van der Waals surface area (Å²) in [5, 5.41) is 13.2. The molecule has 0 aromatic rings. The van der Waals surface area contributed by atoms with Crippen molar-refractivity contribution in [2.45, 2.75) is 31.9 Å². The summed E-state index contributed by atoms with van der Waals surface area (Å²) in [6, 6.07) is 0.767. The normalized spacial score (nSPS) is 35.5. The molecule has 1 saturated heterocycles. The van der Waals surface area contributed by atoms with E-state index in [0.29, 0.717) is 5.92 Å². The minimum Gasteiger partial charge on any atom is -0.391 e. The molecule has 0 spiro atoms. The van der Waals surface area contributed by atoms with Gasteiger partial charge in [-0.15, -0.1) is 0 Å². The van der Waals surface area contributed by atoms with Gasteiger partial charge < -0.3 is 15.3 Å². The van der Waals surface area contributed by atoms with E-state index in [2.05, 4.69) is 17.1 Å². The number of hydrogen-bond acceptors (Lipinski definition) is 3. The third kappa shape index (κ3) is 2.42. The first-order valence-corrected chi connectivity index (χ1v) is 5.43. The van der Waals surface area contributed by atoms with Crippen LogP contribution in [0, 0.1) is 5.92 Å². The fourth-order valence-corrected chi connectivity index (χ4v) is 2.01. The van der Waals surface area contributed by atoms with E-state index < -0.39 is 0 Å². The second-order valence-corrected chi connectivity index (χ2v) is 4.36. The fraction of sp³-hybridized carbons (Fsp3) is 1.00. The predicted molar refractivity (Wildman–Crippen MR) is 52.6 cm³/mol. The van der Waals surface area contributed by atoms with Crippen molar-refractivity contribution in [2.75, 3.05) is 26.2 Å². The molecule has 1 heterocycles. The molecule has 2 aliphatic rings. The Hall–Kier alpha value is -0.120. The van der Waals surface area contributed by atoms with Gasteiger partial charge in [0.2, 0.25) is 0 Å². The Morgan fingerprint density at radius 2 is 2.15 bits per heavy atom. The molecule has 0 aromatic heterocycles. The van der Waals surface area contributed by atoms with Gasteiger partial charge in [0.25, 0.3) is 0 Å². The molecule has 1 aliphatic carbocycles. The molecule has 3 nitrogen and oxygen atoms in total. The van der Waals surface area contributed by atoms with Gasteiger partial charge in [0.05, 0.1) is 6.10 Å². The number of β-amino-alcohol motifs (C(OH)–C–C–N with tert-alkyl or cyclic N) is 1. The Morgan fingerprint density at radius 1 is 1.38 bits per heavy atom. The van der Waals surface area contributed by atoms with Crippen LogP contribution < -0.4 is 5.32 Å². The van der Waals surface area contributed by atoms with E-state index in [-0.39, 0.29) is 6.10 Å². The van der Waals surface area contributed by atoms with Crippen molar-refractivity contribution in [3.63, 3.8) is 0 Å². The van der Waals surface area contributed by atoms with E-state index >= 15 is 0 Å². The largest absolute Gasteiger partial charge is 0.391 e. The van der Waals surface area contributed by atoms with Crippen LogP contribution in [0.15, 0.2) is 0 Å². The van der Waals surface area contributed by atoms with Crippen molar-refractivity contribution in [1.82, 2.24) is 10.2 Å². The quantitative estimate of drug-likeness (QED) is 0.648. The van der Waals surface area contributed by atoms with Crippen LogP contribution in [0.25, 0.3) is 0 Å². The first-order valence-electron chi connectivity index (χ1n) is 5.43. The molecule has 2 N–H and O–H groups in total. The number of likely N-dealkylation sites (tertiary alicyclic amines) is 1. The minimum absolute atomic E-state index is 0.105. The Labute approximate surface area is 80.1 Å². The summed E-state index contributed by atoms with van der Waals surface area (Å²) in [4.78, 5) is 2.32. The van der Waals surface area contributed by atoms with Gasteiger partial charge >= 0.3 is 0 Å². The van der Waals surface area contributed by atoms with Crippen LogP contribution in [0.3, 0.4) is 0 Å². The molecule has 1 saturated carbocycles. The van der Waals surface area contributed by atoms with Gasteiger partial charge in [0.1, 0.15) is 0 Å². The maximum absolute atomic E-state index is 9.74. The molecule has 3 heteroatoms. The van der Waals surface area contributed by atoms with E-state index in [1.165, 1.54) is 12.8 Å². The molecule has 13 heavy (non-hydrogen) atoms. The summed E-state index contributed by atoms with van der Waals surface area (Å²) in [7, 11) is 0. The lowest BCUT2D eigenvalue weighted by atomic mass is 10.1. The molecule has 0 amide bonds. The van der Waals surface area contributed by atoms with Crippen molar-refractivity contribution in [1.29, 1.82) is 0 Å². The molecular weight excluding hydrogens is 164 g/mol. The van der Waals surface area contributed by atoms with Crippen LogP contribution in [0.1, 0.15) is 19.8 Å². The highest BCUT2D eigenvalue weighted by Gasteiger charge is 2.31. The Balaban J connectivity index is 1.71. The summed E-state index contributed by atoms with van der Waals surface area (Å²) in [6.45, 7) is 6.16. The lowest BCUT2D eigenvalue weighted by Gasteiger charge is -2.14. The second-order valence-electron chi connectivity index (χ2n) is 4.36. The fourth-order valence-electron chi connectivity index (χ4n) is 2.01. The molecule has 0 radical (unpaired) electrons. The molecule has 2 rings (SSSR count). The third-order valence-electron chi connectivity index (χ3n) is 3.18. The monoisotopic (exact) mass is 184 g/mol. The van der Waals surface area contributed by atoms with Crippen LogP contribution in [0.2, 0.25) is 0 Å². The van der Waals surface area contributed by atoms with Crippen molar-refractivity contribution in [3.8, 4) is 0 Å². The third-order valence-corrected chi connectivity index (χ3v) is 3.18. The van der Waals surface area contributed by atoms with Crippen LogP contribution in [0.5, 0.6) is 0 Å². The van der Waals surface area contributed by atoms with E-state index in [0.717, 1.165) is 32.2 Å². The number of likely N-dealkylation sites (N-methyl/N-ethyl adjacent to an activating group) is 1. The maximum Gasteiger partial charge on any atom is 0.0719 e. The molecule has 0 aromatic carbocycles. The smallest absolute Gasteiger partial charge is 0.0719 e. The van der Waals surface area contributed by atoms with Crippen LogP contribution in [-0.2, 0) is 0 Å². The van der Waals surface area contributed by atoms with E-state index in [1.54, 1.807) is 0 Å². The highest BCUT2D eigenvalue weighted by atomic mass is 16.3. The molecular formula is C10H20N2O. The lowest BCUT2D eigenvalue weighted by Crippen LogP contribution is -2.31. The van der Waals surface area contributed by atoms with Crippen LogP contribution in [0.4, 0.5) is 0 Å². The zero-order valence-electron chi connectivity index (χ0n) is 8.37. The molecule has 1 aliphatic heterocycles. The first kappa shape index (κ1) is 9.44. The number of nitrogens with zero attached hydrogens (tertiary/aromatic N) is 1. The number of aliphatic hydroxyl groups is 1. The van der Waals surface area contributed by atoms with Crippen molar-refractivity contribution < 1.29 is 5.11 Å². The molecule has 2 fully saturated rings. The van der Waals surface area contributed by atoms with Gasteiger partial charge in [-0.3, -0.25) is 0 Å². The van der Waals surface area contributed by atoms with Gasteiger partial charge in [0, 0.05) is 31.6 Å². The van der Waals surface area contributed by atoms with Crippen molar-refractivity contribution >= 4 is 0 Å². The summed E-state index contributed by atoms with van der Waals surface area (Å²) >= 11 is 0. The van der Waals surface area contributed by atoms with Crippen LogP contribution >= 0.6 is 0 Å². The number of rotatable bonds is 4. The lowest BCUT2D eigenvalue weighted by molar-refractivity contribution is 0.141. The number of nitrogens with one attached hydrogen (secondary N) is 1. The zero-order chi connectivity index (χ0) is 9.26. The number of hydrogen-bond donors (Lipinski definition) is 2. The maximum atomic E-state index is 9.74. The van der Waals surface area contributed by atoms with Gasteiger partial charge in [-0.25, -0.2) is 0 Å². The van der Waals surface area contributed by atoms with E-state index in [9.17, 15) is 5.11 Å². The average molecular weight is 184 g/mol. The van der Waals surface area contributed by atoms with Gasteiger partial charge in [-0.1, -0.05) is 6.92 Å². The molecule has 2 atom stereocenters. The molecule has 0 bridgehead atoms. The summed E-state index contributed by atoms with van der Waals surface area (Å²) in [5.41, 5.74) is 0. The Bertz CT molecular complexity index is 170. The highest BCUT2D eigenvalue weighted by Crippen LogP contribution is 2.21. The Morgan fingerprint density at radius 3 is 2.69 bits per heavy atom. The molecule has 2 unspecified atom stereocenters. The summed E-state index contributed by atoms with van der Waals surface area (Å²) in [5.74, 6) is 0.459. The highest BCUT2D eigenvalue weighted by molar-refractivity contribution is 4.88. The SMILES string of the molecule is CCN1CC(O)C(CNC2CC2)C1. The molecule has 76 valence electrons. The minimum atomic E-state index is -0.105. The average Bonchev–Trinajstić information content (AvgIpc) is 2.88. The Kier molecular flexibility index (Phi) is 2.86. The van der Waals surface area contributed by atoms with Gasteiger partial charge in [-0.2, -0.15) is 0 Å². The van der Waals surface area contributed by atoms with E-state index in [1.807, 2.05) is 0 Å². The predicted octanol–water partition coefficient (Wildman–Crippen LogP) is 0.0510. The first-order chi connectivity index (χ1) is 6.29. The van der Waals surface area contributed by atoms with Gasteiger partial charge in [0.15, 0.2) is 0 Å². The van der Waals surface area contributed by atoms with Gasteiger partial charge in [-0.05, 0) is 19.4 Å². The second kappa shape index (κ2) is 3.95. The zero-order valence-corrected chi connectivity index (χ0v) is 8.37. The summed E-state index contributed by atoms with van der Waals surface area (Å²) < 4.78 is 0. The topological polar surface area (TPSA) is 35.5 Å². The number of aliphatic hydroxyl groups excluding tert-OH is 1. The summed E-state index contributed by atoms with van der Waals surface area (Å²) in [6.07, 6.45) is 2.56. The van der Waals surface area contributed by atoms with Crippen LogP contribution in [-0.4, -0.2) is 48.3 Å². The van der Waals surface area contributed by atoms with Crippen molar-refractivity contribution in [2.24, 2.45) is 5.92 Å². The standard InChI is InChI=1S/C10H20N2O/c1-2-12-6-8(10(13)7-12)5-11-9-3-4-9/h8-11,13H,2-7H2,1H3. The van der Waals surface area contributed by atoms with Crippen molar-refractivity contribution in [3.05, 3.63) is 0 Å².